The fourth-order valence-electron chi connectivity index (χ4n) is 6.92. The summed E-state index contributed by atoms with van der Waals surface area (Å²) in [5, 5.41) is 40.1. The van der Waals surface area contributed by atoms with Crippen LogP contribution in [0.2, 0.25) is 0 Å². The smallest absolute Gasteiger partial charge is 0.306 e. The normalized spacial score (nSPS) is 20.6. The molecule has 0 aromatic rings. The third-order valence-electron chi connectivity index (χ3n) is 10.6. The monoisotopic (exact) mass is 797 g/mol. The van der Waals surface area contributed by atoms with Gasteiger partial charge in [0, 0.05) is 12.8 Å². The van der Waals surface area contributed by atoms with E-state index in [-0.39, 0.29) is 32.0 Å². The zero-order valence-corrected chi connectivity index (χ0v) is 35.6. The van der Waals surface area contributed by atoms with Gasteiger partial charge in [0.15, 0.2) is 12.4 Å². The van der Waals surface area contributed by atoms with Crippen LogP contribution < -0.4 is 0 Å². The predicted octanol–water partition coefficient (Wildman–Crippen LogP) is 9.72. The Labute approximate surface area is 341 Å². The summed E-state index contributed by atoms with van der Waals surface area (Å²) < 4.78 is 22.2. The van der Waals surface area contributed by atoms with Crippen LogP contribution in [0.3, 0.4) is 0 Å². The van der Waals surface area contributed by atoms with Crippen molar-refractivity contribution in [1.82, 2.24) is 0 Å². The zero-order chi connectivity index (χ0) is 40.9. The van der Waals surface area contributed by atoms with E-state index in [4.69, 9.17) is 18.9 Å². The van der Waals surface area contributed by atoms with E-state index >= 15 is 0 Å². The van der Waals surface area contributed by atoms with Crippen LogP contribution in [-0.2, 0) is 28.5 Å². The SMILES string of the molecule is CCCCC/C=C/C/C=C/CCCCCCCCCC(=O)O[C@H](COC(=O)CCCCCCCCCCCCCCCC)CO[C@@H]1O[C@H](CO)[C@H](O)C(O)C1O. The van der Waals surface area contributed by atoms with Gasteiger partial charge in [-0.25, -0.2) is 0 Å². The molecule has 0 saturated carbocycles. The molecule has 1 aliphatic rings. The minimum atomic E-state index is -1.59. The molecule has 10 nitrogen and oxygen atoms in total. The highest BCUT2D eigenvalue weighted by Gasteiger charge is 2.44. The molecule has 0 aromatic carbocycles. The number of unbranched alkanes of at least 4 members (excludes halogenated alkanes) is 23. The highest BCUT2D eigenvalue weighted by molar-refractivity contribution is 5.70. The van der Waals surface area contributed by atoms with E-state index in [2.05, 4.69) is 38.2 Å². The van der Waals surface area contributed by atoms with E-state index < -0.39 is 49.4 Å². The average molecular weight is 797 g/mol. The first-order chi connectivity index (χ1) is 27.3. The van der Waals surface area contributed by atoms with Gasteiger partial charge in [-0.3, -0.25) is 9.59 Å². The van der Waals surface area contributed by atoms with E-state index in [0.717, 1.165) is 51.4 Å². The van der Waals surface area contributed by atoms with Crippen molar-refractivity contribution in [3.05, 3.63) is 24.3 Å². The van der Waals surface area contributed by atoms with Crippen molar-refractivity contribution < 1.29 is 49.0 Å². The van der Waals surface area contributed by atoms with Gasteiger partial charge in [0.2, 0.25) is 0 Å². The lowest BCUT2D eigenvalue weighted by Gasteiger charge is -2.39. The van der Waals surface area contributed by atoms with E-state index in [9.17, 15) is 30.0 Å². The summed E-state index contributed by atoms with van der Waals surface area (Å²) in [5.74, 6) is -0.808. The van der Waals surface area contributed by atoms with Crippen molar-refractivity contribution in [3.8, 4) is 0 Å². The lowest BCUT2D eigenvalue weighted by atomic mass is 9.99. The number of aliphatic hydroxyl groups excluding tert-OH is 4. The second-order valence-corrected chi connectivity index (χ2v) is 15.9. The molecular weight excluding hydrogens is 712 g/mol. The molecular formula is C46H84O10. The Kier molecular flexibility index (Phi) is 34.9. The molecule has 6 atom stereocenters. The van der Waals surface area contributed by atoms with Crippen LogP contribution in [0.1, 0.15) is 200 Å². The molecule has 56 heavy (non-hydrogen) atoms. The maximum absolute atomic E-state index is 12.8. The largest absolute Gasteiger partial charge is 0.462 e. The molecule has 2 unspecified atom stereocenters. The van der Waals surface area contributed by atoms with Gasteiger partial charge >= 0.3 is 11.9 Å². The summed E-state index contributed by atoms with van der Waals surface area (Å²) in [5.41, 5.74) is 0. The van der Waals surface area contributed by atoms with Crippen molar-refractivity contribution >= 4 is 11.9 Å². The molecule has 0 aliphatic carbocycles. The van der Waals surface area contributed by atoms with E-state index in [1.165, 1.54) is 116 Å². The zero-order valence-electron chi connectivity index (χ0n) is 35.6. The van der Waals surface area contributed by atoms with Crippen molar-refractivity contribution in [2.45, 2.75) is 237 Å². The maximum Gasteiger partial charge on any atom is 0.306 e. The first-order valence-electron chi connectivity index (χ1n) is 22.9. The Morgan fingerprint density at radius 2 is 1.00 bits per heavy atom. The second kappa shape index (κ2) is 37.5. The number of aliphatic hydroxyl groups is 4. The molecule has 328 valence electrons. The number of carbonyl (C=O) groups is 2. The van der Waals surface area contributed by atoms with Crippen molar-refractivity contribution in [3.63, 3.8) is 0 Å². The van der Waals surface area contributed by atoms with Crippen molar-refractivity contribution in [2.75, 3.05) is 19.8 Å². The molecule has 0 amide bonds. The van der Waals surface area contributed by atoms with E-state index in [0.29, 0.717) is 6.42 Å². The van der Waals surface area contributed by atoms with Gasteiger partial charge in [-0.05, 0) is 44.9 Å². The number of hydrogen-bond donors (Lipinski definition) is 4. The number of carbonyl (C=O) groups excluding carboxylic acids is 2. The van der Waals surface area contributed by atoms with Gasteiger partial charge in [-0.2, -0.15) is 0 Å². The lowest BCUT2D eigenvalue weighted by Crippen LogP contribution is -2.59. The molecule has 1 fully saturated rings. The summed E-state index contributed by atoms with van der Waals surface area (Å²) in [6.45, 7) is 3.40. The summed E-state index contributed by atoms with van der Waals surface area (Å²) in [6, 6.07) is 0. The fourth-order valence-corrected chi connectivity index (χ4v) is 6.92. The molecule has 0 spiro atoms. The van der Waals surface area contributed by atoms with Crippen molar-refractivity contribution in [1.29, 1.82) is 0 Å². The van der Waals surface area contributed by atoms with Gasteiger partial charge in [0.25, 0.3) is 0 Å². The highest BCUT2D eigenvalue weighted by Crippen LogP contribution is 2.23. The standard InChI is InChI=1S/C46H84O10/c1-3-5-7-9-11-13-15-17-19-20-21-23-25-27-29-31-33-35-42(49)55-39(38-54-46-45(52)44(51)43(50)40(36-47)56-46)37-53-41(48)34-32-30-28-26-24-22-18-16-14-12-10-8-6-4-2/h11,13,17,19,39-40,43-47,50-52H,3-10,12,14-16,18,20-38H2,1-2H3/b13-11+,19-17+/t39-,40-,43+,44?,45?,46-/m1/s1. The van der Waals surface area contributed by atoms with Gasteiger partial charge in [0.05, 0.1) is 13.2 Å². The predicted molar refractivity (Wildman–Crippen MR) is 224 cm³/mol. The summed E-state index contributed by atoms with van der Waals surface area (Å²) in [6.07, 6.45) is 33.2. The Balaban J connectivity index is 2.32. The minimum absolute atomic E-state index is 0.217. The van der Waals surface area contributed by atoms with Crippen LogP contribution >= 0.6 is 0 Å². The molecule has 0 radical (unpaired) electrons. The first kappa shape index (κ1) is 52.2. The van der Waals surface area contributed by atoms with Crippen LogP contribution in [-0.4, -0.2) is 89.0 Å². The molecule has 0 bridgehead atoms. The highest BCUT2D eigenvalue weighted by atomic mass is 16.7. The van der Waals surface area contributed by atoms with Crippen LogP contribution in [0.4, 0.5) is 0 Å². The van der Waals surface area contributed by atoms with Gasteiger partial charge in [-0.15, -0.1) is 0 Å². The Morgan fingerprint density at radius 1 is 0.554 bits per heavy atom. The van der Waals surface area contributed by atoms with Crippen LogP contribution in [0.25, 0.3) is 0 Å². The number of ether oxygens (including phenoxy) is 4. The Morgan fingerprint density at radius 3 is 1.52 bits per heavy atom. The second-order valence-electron chi connectivity index (χ2n) is 15.9. The molecule has 1 saturated heterocycles. The maximum atomic E-state index is 12.8. The van der Waals surface area contributed by atoms with E-state index in [1.807, 2.05) is 0 Å². The van der Waals surface area contributed by atoms with E-state index in [1.54, 1.807) is 0 Å². The fraction of sp³-hybridized carbons (Fsp3) is 0.870. The molecule has 1 aliphatic heterocycles. The Hall–Kier alpha value is -1.82. The number of esters is 2. The molecule has 0 aromatic heterocycles. The lowest BCUT2D eigenvalue weighted by molar-refractivity contribution is -0.305. The third-order valence-corrected chi connectivity index (χ3v) is 10.6. The minimum Gasteiger partial charge on any atom is -0.462 e. The first-order valence-corrected chi connectivity index (χ1v) is 22.9. The van der Waals surface area contributed by atoms with Gasteiger partial charge < -0.3 is 39.4 Å². The van der Waals surface area contributed by atoms with Crippen LogP contribution in [0, 0.1) is 0 Å². The van der Waals surface area contributed by atoms with Crippen molar-refractivity contribution in [2.24, 2.45) is 0 Å². The van der Waals surface area contributed by atoms with Crippen LogP contribution in [0.15, 0.2) is 24.3 Å². The molecule has 4 N–H and O–H groups in total. The summed E-state index contributed by atoms with van der Waals surface area (Å²) in [7, 11) is 0. The van der Waals surface area contributed by atoms with Gasteiger partial charge in [-0.1, -0.05) is 167 Å². The molecule has 1 rings (SSSR count). The topological polar surface area (TPSA) is 152 Å². The summed E-state index contributed by atoms with van der Waals surface area (Å²) >= 11 is 0. The van der Waals surface area contributed by atoms with Crippen LogP contribution in [0.5, 0.6) is 0 Å². The number of allylic oxidation sites excluding steroid dienone is 4. The quantitative estimate of drug-likeness (QED) is 0.0270. The average Bonchev–Trinajstić information content (AvgIpc) is 3.19. The third kappa shape index (κ3) is 28.6. The summed E-state index contributed by atoms with van der Waals surface area (Å²) in [4.78, 5) is 25.3. The van der Waals surface area contributed by atoms with Gasteiger partial charge in [0.1, 0.15) is 31.0 Å². The number of rotatable bonds is 38. The Bertz CT molecular complexity index is 970. The molecule has 1 heterocycles. The molecule has 10 heteroatoms. The number of hydrogen-bond acceptors (Lipinski definition) is 10.